The fourth-order valence-electron chi connectivity index (χ4n) is 4.87. The summed E-state index contributed by atoms with van der Waals surface area (Å²) in [6.45, 7) is -3.11. The van der Waals surface area contributed by atoms with E-state index in [1.54, 1.807) is 18.2 Å². The summed E-state index contributed by atoms with van der Waals surface area (Å²) in [6.07, 6.45) is 0.0461. The molecule has 1 aliphatic rings. The molecular weight excluding hydrogens is 610 g/mol. The fraction of sp³-hybridized carbons (Fsp3) is 0.233. The number of nitrogens with one attached hydrogen (secondary N) is 1. The van der Waals surface area contributed by atoms with Crippen LogP contribution in [-0.4, -0.2) is 96.5 Å². The quantitative estimate of drug-likeness (QED) is 0.140. The van der Waals surface area contributed by atoms with Gasteiger partial charge in [-0.25, -0.2) is 10.3 Å². The Morgan fingerprint density at radius 1 is 0.696 bits per heavy atom. The van der Waals surface area contributed by atoms with Crippen LogP contribution in [0, 0.1) is 0 Å². The van der Waals surface area contributed by atoms with Gasteiger partial charge in [-0.3, -0.25) is 29.0 Å². The zero-order valence-corrected chi connectivity index (χ0v) is 24.0. The lowest BCUT2D eigenvalue weighted by Gasteiger charge is -2.22. The van der Waals surface area contributed by atoms with E-state index in [0.717, 1.165) is 15.9 Å². The standard InChI is InChI=1S/C30H29N3O13/c34-22-8-24-17(6-18(22)10-32(12-26(36)37)13-27(38)39)5-16-3-1-2-4-20(16)30(44)46-31-21-7-19(23(35)9-25(21)45-24)11-33(14-28(40)41)15-29(42)43/h1-4,6-9,31,34-35H,5,10-15H2,(H,36,37)(H,38,39)(H,40,41)(H,42,43). The number of carbonyl (C=O) groups excluding carboxylic acids is 1. The molecule has 16 heteroatoms. The molecule has 0 bridgehead atoms. The van der Waals surface area contributed by atoms with Crippen molar-refractivity contribution in [1.29, 1.82) is 0 Å². The molecule has 0 fully saturated rings. The minimum atomic E-state index is -1.30. The molecule has 3 aromatic rings. The lowest BCUT2D eigenvalue weighted by Crippen LogP contribution is -2.34. The molecule has 0 amide bonds. The number of nitrogens with zero attached hydrogens (tertiary/aromatic N) is 2. The molecule has 0 spiro atoms. The average Bonchev–Trinajstić information content (AvgIpc) is 2.96. The molecule has 7 N–H and O–H groups in total. The number of hydrogen-bond donors (Lipinski definition) is 7. The van der Waals surface area contributed by atoms with Gasteiger partial charge in [-0.05, 0) is 29.3 Å². The molecule has 16 nitrogen and oxygen atoms in total. The number of fused-ring (bicyclic) bond motifs is 3. The number of phenols is 2. The van der Waals surface area contributed by atoms with E-state index in [0.29, 0.717) is 11.1 Å². The number of carbonyl (C=O) groups is 5. The van der Waals surface area contributed by atoms with Gasteiger partial charge in [0.15, 0.2) is 5.75 Å². The topological polar surface area (TPSA) is 244 Å². The molecule has 242 valence electrons. The summed E-state index contributed by atoms with van der Waals surface area (Å²) < 4.78 is 6.09. The van der Waals surface area contributed by atoms with Gasteiger partial charge in [0.2, 0.25) is 0 Å². The first-order chi connectivity index (χ1) is 21.8. The van der Waals surface area contributed by atoms with Gasteiger partial charge >= 0.3 is 29.8 Å². The zero-order valence-electron chi connectivity index (χ0n) is 24.0. The minimum Gasteiger partial charge on any atom is -0.507 e. The van der Waals surface area contributed by atoms with Gasteiger partial charge in [0.1, 0.15) is 22.9 Å². The predicted molar refractivity (Wildman–Crippen MR) is 156 cm³/mol. The van der Waals surface area contributed by atoms with Crippen molar-refractivity contribution in [3.8, 4) is 23.0 Å². The number of aliphatic carboxylic acids is 4. The summed E-state index contributed by atoms with van der Waals surface area (Å²) in [7, 11) is 0. The highest BCUT2D eigenvalue weighted by Gasteiger charge is 2.24. The summed E-state index contributed by atoms with van der Waals surface area (Å²) in [5, 5.41) is 58.6. The van der Waals surface area contributed by atoms with Crippen molar-refractivity contribution in [2.24, 2.45) is 0 Å². The third-order valence-corrected chi connectivity index (χ3v) is 6.76. The van der Waals surface area contributed by atoms with Crippen LogP contribution in [0.1, 0.15) is 32.6 Å². The van der Waals surface area contributed by atoms with Crippen LogP contribution in [0.15, 0.2) is 48.5 Å². The van der Waals surface area contributed by atoms with Crippen LogP contribution in [0.25, 0.3) is 0 Å². The molecule has 0 radical (unpaired) electrons. The highest BCUT2D eigenvalue weighted by Crippen LogP contribution is 2.40. The van der Waals surface area contributed by atoms with Gasteiger partial charge in [-0.2, -0.15) is 0 Å². The number of carboxylic acids is 4. The second-order valence-corrected chi connectivity index (χ2v) is 10.4. The highest BCUT2D eigenvalue weighted by molar-refractivity contribution is 5.92. The van der Waals surface area contributed by atoms with Crippen molar-refractivity contribution in [1.82, 2.24) is 9.80 Å². The largest absolute Gasteiger partial charge is 0.507 e. The molecular formula is C30H29N3O13. The third kappa shape index (κ3) is 8.61. The molecule has 0 saturated heterocycles. The number of phenolic OH excluding ortho intramolecular Hbond substituents is 2. The van der Waals surface area contributed by atoms with Gasteiger partial charge < -0.3 is 40.2 Å². The number of benzene rings is 3. The summed E-state index contributed by atoms with van der Waals surface area (Å²) in [5.41, 5.74) is 3.73. The lowest BCUT2D eigenvalue weighted by molar-refractivity contribution is -0.144. The van der Waals surface area contributed by atoms with Crippen molar-refractivity contribution in [3.05, 3.63) is 76.3 Å². The maximum atomic E-state index is 13.1. The molecule has 4 rings (SSSR count). The van der Waals surface area contributed by atoms with Gasteiger partial charge in [-0.15, -0.1) is 0 Å². The lowest BCUT2D eigenvalue weighted by atomic mass is 9.97. The molecule has 0 unspecified atom stereocenters. The van der Waals surface area contributed by atoms with Crippen LogP contribution < -0.4 is 10.2 Å². The number of anilines is 1. The smallest absolute Gasteiger partial charge is 0.363 e. The molecule has 46 heavy (non-hydrogen) atoms. The summed E-state index contributed by atoms with van der Waals surface area (Å²) in [4.78, 5) is 65.8. The monoisotopic (exact) mass is 639 g/mol. The van der Waals surface area contributed by atoms with Crippen LogP contribution in [0.5, 0.6) is 23.0 Å². The van der Waals surface area contributed by atoms with E-state index in [1.165, 1.54) is 24.3 Å². The molecule has 0 aliphatic carbocycles. The predicted octanol–water partition coefficient (Wildman–Crippen LogP) is 1.92. The van der Waals surface area contributed by atoms with Gasteiger partial charge in [-0.1, -0.05) is 18.2 Å². The fourth-order valence-corrected chi connectivity index (χ4v) is 4.87. The Morgan fingerprint density at radius 3 is 1.74 bits per heavy atom. The highest BCUT2D eigenvalue weighted by atomic mass is 16.7. The number of carboxylic acid groups (broad SMARTS) is 4. The molecule has 1 aliphatic heterocycles. The Bertz CT molecular complexity index is 1660. The number of hydrogen-bond acceptors (Lipinski definition) is 12. The summed E-state index contributed by atoms with van der Waals surface area (Å²) in [6, 6.07) is 11.6. The molecule has 3 aromatic carbocycles. The van der Waals surface area contributed by atoms with E-state index in [1.807, 2.05) is 0 Å². The first kappa shape index (κ1) is 33.0. The van der Waals surface area contributed by atoms with E-state index in [2.05, 4.69) is 5.48 Å². The molecule has 0 aromatic heterocycles. The Kier molecular flexibility index (Phi) is 10.3. The van der Waals surface area contributed by atoms with Crippen molar-refractivity contribution < 1.29 is 64.2 Å². The zero-order chi connectivity index (χ0) is 33.5. The van der Waals surface area contributed by atoms with Crippen molar-refractivity contribution in [2.75, 3.05) is 31.7 Å². The Labute approximate surface area is 260 Å². The Hall–Kier alpha value is -5.87. The second kappa shape index (κ2) is 14.3. The van der Waals surface area contributed by atoms with Gasteiger partial charge in [0, 0.05) is 42.8 Å². The molecule has 1 heterocycles. The van der Waals surface area contributed by atoms with E-state index >= 15 is 0 Å². The van der Waals surface area contributed by atoms with Crippen molar-refractivity contribution in [2.45, 2.75) is 19.5 Å². The SMILES string of the molecule is O=C(O)CN(CC(=O)O)Cc1cc2c(cc1O)Oc1cc(O)c(CN(CC(=O)O)CC(=O)O)cc1NOC(=O)c1ccccc1C2. The van der Waals surface area contributed by atoms with Crippen LogP contribution >= 0.6 is 0 Å². The number of aromatic hydroxyl groups is 2. The minimum absolute atomic E-state index is 0.0188. The molecule has 0 saturated carbocycles. The van der Waals surface area contributed by atoms with Gasteiger partial charge in [0.25, 0.3) is 0 Å². The third-order valence-electron chi connectivity index (χ3n) is 6.76. The summed E-state index contributed by atoms with van der Waals surface area (Å²) in [5.74, 6) is -6.75. The van der Waals surface area contributed by atoms with E-state index in [9.17, 15) is 54.6 Å². The number of ether oxygens (including phenoxy) is 1. The average molecular weight is 640 g/mol. The van der Waals surface area contributed by atoms with Gasteiger partial charge in [0.05, 0.1) is 31.7 Å². The van der Waals surface area contributed by atoms with Crippen molar-refractivity contribution in [3.63, 3.8) is 0 Å². The first-order valence-corrected chi connectivity index (χ1v) is 13.5. The summed E-state index contributed by atoms with van der Waals surface area (Å²) >= 11 is 0. The maximum Gasteiger partial charge on any atom is 0.363 e. The number of rotatable bonds is 12. The second-order valence-electron chi connectivity index (χ2n) is 10.4. The Balaban J connectivity index is 1.80. The van der Waals surface area contributed by atoms with Crippen LogP contribution in [0.2, 0.25) is 0 Å². The van der Waals surface area contributed by atoms with Crippen LogP contribution in [-0.2, 0) is 43.5 Å². The van der Waals surface area contributed by atoms with Crippen LogP contribution in [0.3, 0.4) is 0 Å². The normalized spacial score (nSPS) is 12.4. The van der Waals surface area contributed by atoms with E-state index in [-0.39, 0.29) is 59.1 Å². The maximum absolute atomic E-state index is 13.1. The molecule has 0 atom stereocenters. The van der Waals surface area contributed by atoms with E-state index < -0.39 is 61.8 Å². The van der Waals surface area contributed by atoms with E-state index in [4.69, 9.17) is 9.57 Å². The van der Waals surface area contributed by atoms with Crippen LogP contribution in [0.4, 0.5) is 5.69 Å². The Morgan fingerprint density at radius 2 is 1.20 bits per heavy atom. The first-order valence-electron chi connectivity index (χ1n) is 13.5. The van der Waals surface area contributed by atoms with Crippen molar-refractivity contribution >= 4 is 35.5 Å².